The van der Waals surface area contributed by atoms with Gasteiger partial charge in [-0.1, -0.05) is 125 Å². The first-order chi connectivity index (χ1) is 26.2. The van der Waals surface area contributed by atoms with E-state index in [1.807, 2.05) is 0 Å². The highest BCUT2D eigenvalue weighted by Crippen LogP contribution is 2.55. The summed E-state index contributed by atoms with van der Waals surface area (Å²) >= 11 is 0. The molecule has 1 heteroatoms. The predicted molar refractivity (Wildman–Crippen MR) is 231 cm³/mol. The van der Waals surface area contributed by atoms with Crippen molar-refractivity contribution in [2.75, 3.05) is 4.90 Å². The highest BCUT2D eigenvalue weighted by atomic mass is 15.1. The average Bonchev–Trinajstić information content (AvgIpc) is 3.55. The van der Waals surface area contributed by atoms with Gasteiger partial charge in [-0.2, -0.15) is 0 Å². The maximum atomic E-state index is 2.46. The number of anilines is 3. The lowest BCUT2D eigenvalue weighted by molar-refractivity contribution is 0.662. The van der Waals surface area contributed by atoms with Gasteiger partial charge in [0.05, 0.1) is 0 Å². The molecule has 54 heavy (non-hydrogen) atoms. The molecule has 0 saturated carbocycles. The minimum atomic E-state index is -0.123. The monoisotopic (exact) mass is 691 g/mol. The Labute approximate surface area is 317 Å². The molecular formula is C53H41N. The van der Waals surface area contributed by atoms with Crippen LogP contribution in [0.25, 0.3) is 65.3 Å². The van der Waals surface area contributed by atoms with E-state index in [1.54, 1.807) is 0 Å². The molecular weight excluding hydrogens is 651 g/mol. The van der Waals surface area contributed by atoms with E-state index in [4.69, 9.17) is 0 Å². The lowest BCUT2D eigenvalue weighted by Crippen LogP contribution is -2.16. The SMILES string of the molecule is Cc1cccc(N(c2ccc3cc4c(cc3c2)C(C)(C)c2cc3ccccc3cc2-4)c2ccc3c4c(ccc3c2)-c2ccc3ccccc3c2C4(C)C)c1. The van der Waals surface area contributed by atoms with Gasteiger partial charge in [0.15, 0.2) is 0 Å². The van der Waals surface area contributed by atoms with Crippen LogP contribution in [0.2, 0.25) is 0 Å². The minimum Gasteiger partial charge on any atom is -0.310 e. The van der Waals surface area contributed by atoms with Crippen molar-refractivity contribution in [1.29, 1.82) is 0 Å². The Morgan fingerprint density at radius 1 is 0.352 bits per heavy atom. The molecule has 0 N–H and O–H groups in total. The minimum absolute atomic E-state index is 0.0898. The van der Waals surface area contributed by atoms with E-state index in [1.165, 1.54) is 93.2 Å². The number of nitrogens with zero attached hydrogens (tertiary/aromatic N) is 1. The summed E-state index contributed by atoms with van der Waals surface area (Å²) in [5, 5.41) is 10.4. The van der Waals surface area contributed by atoms with Gasteiger partial charge < -0.3 is 4.90 Å². The Balaban J connectivity index is 1.06. The fraction of sp³-hybridized carbons (Fsp3) is 0.132. The van der Waals surface area contributed by atoms with Crippen LogP contribution in [0.4, 0.5) is 17.1 Å². The third kappa shape index (κ3) is 4.33. The molecule has 9 aromatic carbocycles. The smallest absolute Gasteiger partial charge is 0.0468 e. The molecule has 0 amide bonds. The van der Waals surface area contributed by atoms with E-state index in [-0.39, 0.29) is 10.8 Å². The second kappa shape index (κ2) is 10.9. The van der Waals surface area contributed by atoms with E-state index in [9.17, 15) is 0 Å². The van der Waals surface area contributed by atoms with Gasteiger partial charge in [-0.05, 0) is 161 Å². The largest absolute Gasteiger partial charge is 0.310 e. The molecule has 0 aliphatic heterocycles. The molecule has 2 aliphatic carbocycles. The quantitative estimate of drug-likeness (QED) is 0.178. The van der Waals surface area contributed by atoms with Crippen LogP contribution in [0, 0.1) is 6.92 Å². The maximum absolute atomic E-state index is 2.46. The molecule has 0 aromatic heterocycles. The Hall–Kier alpha value is -6.18. The van der Waals surface area contributed by atoms with Crippen LogP contribution < -0.4 is 4.90 Å². The lowest BCUT2D eigenvalue weighted by Gasteiger charge is -2.28. The normalized spacial score (nSPS) is 14.7. The van der Waals surface area contributed by atoms with Crippen LogP contribution in [0.3, 0.4) is 0 Å². The van der Waals surface area contributed by atoms with Crippen molar-refractivity contribution in [3.8, 4) is 22.3 Å². The molecule has 0 saturated heterocycles. The van der Waals surface area contributed by atoms with E-state index in [0.717, 1.165) is 17.1 Å². The van der Waals surface area contributed by atoms with Crippen molar-refractivity contribution >= 4 is 60.2 Å². The molecule has 1 nitrogen and oxygen atoms in total. The zero-order chi connectivity index (χ0) is 36.5. The molecule has 2 aliphatic rings. The van der Waals surface area contributed by atoms with Gasteiger partial charge >= 0.3 is 0 Å². The summed E-state index contributed by atoms with van der Waals surface area (Å²) < 4.78 is 0. The van der Waals surface area contributed by atoms with Crippen LogP contribution in [-0.4, -0.2) is 0 Å². The summed E-state index contributed by atoms with van der Waals surface area (Å²) in [6.07, 6.45) is 0. The summed E-state index contributed by atoms with van der Waals surface area (Å²) in [5.41, 5.74) is 15.6. The van der Waals surface area contributed by atoms with E-state index >= 15 is 0 Å². The van der Waals surface area contributed by atoms with E-state index in [0.29, 0.717) is 0 Å². The third-order valence-corrected chi connectivity index (χ3v) is 12.7. The fourth-order valence-corrected chi connectivity index (χ4v) is 10.2. The Bertz CT molecular complexity index is 3070. The summed E-state index contributed by atoms with van der Waals surface area (Å²) in [5.74, 6) is 0. The molecule has 0 unspecified atom stereocenters. The van der Waals surface area contributed by atoms with Crippen LogP contribution in [0.15, 0.2) is 158 Å². The molecule has 0 spiro atoms. The highest BCUT2D eigenvalue weighted by Gasteiger charge is 2.39. The molecule has 0 heterocycles. The molecule has 9 aromatic rings. The van der Waals surface area contributed by atoms with Gasteiger partial charge in [0.25, 0.3) is 0 Å². The summed E-state index contributed by atoms with van der Waals surface area (Å²) in [7, 11) is 0. The zero-order valence-electron chi connectivity index (χ0n) is 31.5. The molecule has 0 bridgehead atoms. The highest BCUT2D eigenvalue weighted by molar-refractivity contribution is 6.05. The zero-order valence-corrected chi connectivity index (χ0v) is 31.5. The third-order valence-electron chi connectivity index (χ3n) is 12.7. The standard InChI is InChI=1S/C53H41N/c1-32-11-10-15-39(25-32)54(40-20-17-36-29-47-46-28-34-13-6-7-14-35(34)30-48(46)52(2,3)49(47)31-38(36)27-40)41-21-24-43-37(26-41)19-23-45-44-22-18-33-12-8-9-16-42(33)50(44)53(4,5)51(43)45/h6-31H,1-5H3. The fourth-order valence-electron chi connectivity index (χ4n) is 10.2. The van der Waals surface area contributed by atoms with Gasteiger partial charge in [-0.15, -0.1) is 0 Å². The van der Waals surface area contributed by atoms with Crippen LogP contribution in [0.1, 0.15) is 55.5 Å². The summed E-state index contributed by atoms with van der Waals surface area (Å²) in [4.78, 5) is 2.44. The lowest BCUT2D eigenvalue weighted by atomic mass is 9.78. The second-order valence-electron chi connectivity index (χ2n) is 16.7. The van der Waals surface area contributed by atoms with Gasteiger partial charge in [0.1, 0.15) is 0 Å². The van der Waals surface area contributed by atoms with Crippen molar-refractivity contribution in [2.24, 2.45) is 0 Å². The number of fused-ring (bicyclic) bond motifs is 12. The number of rotatable bonds is 3. The first kappa shape index (κ1) is 31.4. The molecule has 0 atom stereocenters. The van der Waals surface area contributed by atoms with Crippen molar-refractivity contribution in [3.63, 3.8) is 0 Å². The molecule has 11 rings (SSSR count). The first-order valence-corrected chi connectivity index (χ1v) is 19.3. The van der Waals surface area contributed by atoms with Crippen molar-refractivity contribution in [3.05, 3.63) is 186 Å². The second-order valence-corrected chi connectivity index (χ2v) is 16.7. The number of hydrogen-bond donors (Lipinski definition) is 0. The van der Waals surface area contributed by atoms with Gasteiger partial charge in [-0.3, -0.25) is 0 Å². The Morgan fingerprint density at radius 2 is 0.870 bits per heavy atom. The topological polar surface area (TPSA) is 3.24 Å². The molecule has 0 fully saturated rings. The van der Waals surface area contributed by atoms with Gasteiger partial charge in [0.2, 0.25) is 0 Å². The van der Waals surface area contributed by atoms with Crippen molar-refractivity contribution in [2.45, 2.75) is 45.4 Å². The summed E-state index contributed by atoms with van der Waals surface area (Å²) in [6, 6.07) is 59.6. The van der Waals surface area contributed by atoms with Crippen LogP contribution >= 0.6 is 0 Å². The van der Waals surface area contributed by atoms with Crippen molar-refractivity contribution in [1.82, 2.24) is 0 Å². The van der Waals surface area contributed by atoms with Gasteiger partial charge in [0, 0.05) is 27.9 Å². The number of benzene rings is 9. The Kier molecular flexibility index (Phi) is 6.35. The van der Waals surface area contributed by atoms with E-state index in [2.05, 4.69) is 197 Å². The maximum Gasteiger partial charge on any atom is 0.0468 e. The van der Waals surface area contributed by atoms with Crippen LogP contribution in [-0.2, 0) is 10.8 Å². The molecule has 0 radical (unpaired) electrons. The predicted octanol–water partition coefficient (Wildman–Crippen LogP) is 14.7. The van der Waals surface area contributed by atoms with Crippen molar-refractivity contribution < 1.29 is 0 Å². The number of aryl methyl sites for hydroxylation is 1. The average molecular weight is 692 g/mol. The first-order valence-electron chi connectivity index (χ1n) is 19.3. The van der Waals surface area contributed by atoms with E-state index < -0.39 is 0 Å². The molecule has 258 valence electrons. The van der Waals surface area contributed by atoms with Gasteiger partial charge in [-0.25, -0.2) is 0 Å². The van der Waals surface area contributed by atoms with Crippen LogP contribution in [0.5, 0.6) is 0 Å². The Morgan fingerprint density at radius 3 is 1.57 bits per heavy atom. The number of hydrogen-bond acceptors (Lipinski definition) is 1. The summed E-state index contributed by atoms with van der Waals surface area (Å²) in [6.45, 7) is 11.8.